The van der Waals surface area contributed by atoms with Crippen LogP contribution in [0.25, 0.3) is 0 Å². The minimum absolute atomic E-state index is 0.144. The molecule has 24 heavy (non-hydrogen) atoms. The zero-order valence-electron chi connectivity index (χ0n) is 15.0. The second kappa shape index (κ2) is 6.23. The van der Waals surface area contributed by atoms with Crippen molar-refractivity contribution in [1.82, 2.24) is 4.90 Å². The number of ether oxygens (including phenoxy) is 1. The Hall–Kier alpha value is -1.84. The van der Waals surface area contributed by atoms with E-state index in [1.165, 1.54) is 4.90 Å². The molecule has 130 valence electrons. The van der Waals surface area contributed by atoms with Gasteiger partial charge in [0.2, 0.25) is 5.91 Å². The van der Waals surface area contributed by atoms with Crippen molar-refractivity contribution in [2.24, 2.45) is 17.8 Å². The van der Waals surface area contributed by atoms with Gasteiger partial charge in [0.15, 0.2) is 5.72 Å². The molecular weight excluding hydrogens is 302 g/mol. The van der Waals surface area contributed by atoms with Crippen LogP contribution < -0.4 is 4.74 Å². The van der Waals surface area contributed by atoms with Gasteiger partial charge in [-0.2, -0.15) is 0 Å². The molecule has 1 saturated carbocycles. The molecule has 1 aromatic rings. The van der Waals surface area contributed by atoms with Gasteiger partial charge in [0.25, 0.3) is 5.91 Å². The van der Waals surface area contributed by atoms with E-state index in [1.54, 1.807) is 13.0 Å². The van der Waals surface area contributed by atoms with Crippen molar-refractivity contribution < 1.29 is 14.3 Å². The first kappa shape index (κ1) is 17.0. The number of carbonyl (C=O) groups is 2. The summed E-state index contributed by atoms with van der Waals surface area (Å²) < 4.78 is 6.50. The number of rotatable bonds is 2. The maximum absolute atomic E-state index is 13.2. The Labute approximate surface area is 144 Å². The SMILES string of the molecule is CCC(=O)N1C(=O)c2ccccc2O[C@]12C[C@H](C)CC[C@H]2C(C)C. The van der Waals surface area contributed by atoms with Crippen LogP contribution in [0.3, 0.4) is 0 Å². The second-order valence-electron chi connectivity index (χ2n) is 7.57. The maximum Gasteiger partial charge on any atom is 0.267 e. The van der Waals surface area contributed by atoms with Crippen molar-refractivity contribution in [3.05, 3.63) is 29.8 Å². The van der Waals surface area contributed by atoms with E-state index >= 15 is 0 Å². The minimum Gasteiger partial charge on any atom is -0.466 e. The first-order valence-corrected chi connectivity index (χ1v) is 9.06. The summed E-state index contributed by atoms with van der Waals surface area (Å²) in [6, 6.07) is 7.29. The van der Waals surface area contributed by atoms with E-state index in [-0.39, 0.29) is 17.7 Å². The van der Waals surface area contributed by atoms with E-state index in [0.717, 1.165) is 12.8 Å². The van der Waals surface area contributed by atoms with E-state index in [2.05, 4.69) is 20.8 Å². The lowest BCUT2D eigenvalue weighted by Crippen LogP contribution is -2.67. The number of hydrogen-bond donors (Lipinski definition) is 0. The quantitative estimate of drug-likeness (QED) is 0.815. The Morgan fingerprint density at radius 1 is 1.33 bits per heavy atom. The van der Waals surface area contributed by atoms with Crippen LogP contribution >= 0.6 is 0 Å². The number of nitrogens with zero attached hydrogens (tertiary/aromatic N) is 1. The first-order chi connectivity index (χ1) is 11.4. The van der Waals surface area contributed by atoms with Gasteiger partial charge in [0.1, 0.15) is 5.75 Å². The summed E-state index contributed by atoms with van der Waals surface area (Å²) in [4.78, 5) is 27.4. The molecule has 2 amide bonds. The molecule has 1 spiro atoms. The van der Waals surface area contributed by atoms with Gasteiger partial charge in [-0.05, 0) is 36.8 Å². The van der Waals surface area contributed by atoms with Crippen LogP contribution in [0.5, 0.6) is 5.75 Å². The molecular formula is C20H27NO3. The highest BCUT2D eigenvalue weighted by Crippen LogP contribution is 2.49. The standard InChI is InChI=1S/C20H27NO3/c1-5-18(22)21-19(23)15-8-6-7-9-17(15)24-20(21)12-14(4)10-11-16(20)13(2)3/h6-9,13-14,16H,5,10-12H2,1-4H3/t14-,16+,20+/m1/s1. The van der Waals surface area contributed by atoms with Crippen LogP contribution in [0.1, 0.15) is 63.7 Å². The van der Waals surface area contributed by atoms with Crippen molar-refractivity contribution >= 4 is 11.8 Å². The molecule has 3 atom stereocenters. The highest BCUT2D eigenvalue weighted by atomic mass is 16.5. The summed E-state index contributed by atoms with van der Waals surface area (Å²) in [5.41, 5.74) is -0.352. The third kappa shape index (κ3) is 2.52. The van der Waals surface area contributed by atoms with Crippen LogP contribution in [0.15, 0.2) is 24.3 Å². The van der Waals surface area contributed by atoms with Crippen LogP contribution in [0, 0.1) is 17.8 Å². The summed E-state index contributed by atoms with van der Waals surface area (Å²) in [6.07, 6.45) is 3.10. The van der Waals surface area contributed by atoms with Crippen molar-refractivity contribution in [2.45, 2.75) is 59.1 Å². The largest absolute Gasteiger partial charge is 0.466 e. The topological polar surface area (TPSA) is 46.6 Å². The van der Waals surface area contributed by atoms with Gasteiger partial charge < -0.3 is 4.74 Å². The van der Waals surface area contributed by atoms with E-state index < -0.39 is 5.72 Å². The van der Waals surface area contributed by atoms with Crippen molar-refractivity contribution in [1.29, 1.82) is 0 Å². The summed E-state index contributed by atoms with van der Waals surface area (Å²) in [5.74, 6) is 1.18. The van der Waals surface area contributed by atoms with E-state index in [1.807, 2.05) is 18.2 Å². The van der Waals surface area contributed by atoms with E-state index in [4.69, 9.17) is 4.74 Å². The van der Waals surface area contributed by atoms with Gasteiger partial charge in [-0.1, -0.05) is 39.8 Å². The van der Waals surface area contributed by atoms with Gasteiger partial charge in [0.05, 0.1) is 5.56 Å². The number of imide groups is 1. The average Bonchev–Trinajstić information content (AvgIpc) is 2.54. The maximum atomic E-state index is 13.2. The van der Waals surface area contributed by atoms with Crippen LogP contribution in [0.2, 0.25) is 0 Å². The first-order valence-electron chi connectivity index (χ1n) is 9.06. The molecule has 2 aliphatic rings. The lowest BCUT2D eigenvalue weighted by Gasteiger charge is -2.54. The molecule has 0 unspecified atom stereocenters. The second-order valence-corrected chi connectivity index (χ2v) is 7.57. The summed E-state index contributed by atoms with van der Waals surface area (Å²) in [5, 5.41) is 0. The number of amides is 2. The molecule has 3 rings (SSSR count). The monoisotopic (exact) mass is 329 g/mol. The average molecular weight is 329 g/mol. The molecule has 1 fully saturated rings. The number of carbonyl (C=O) groups excluding carboxylic acids is 2. The van der Waals surface area contributed by atoms with Gasteiger partial charge in [-0.15, -0.1) is 0 Å². The van der Waals surface area contributed by atoms with Crippen molar-refractivity contribution in [3.8, 4) is 5.75 Å². The number of hydrogen-bond acceptors (Lipinski definition) is 3. The predicted molar refractivity (Wildman–Crippen MR) is 92.6 cm³/mol. The van der Waals surface area contributed by atoms with Gasteiger partial charge in [0, 0.05) is 18.8 Å². The minimum atomic E-state index is -0.843. The Bertz CT molecular complexity index is 654. The summed E-state index contributed by atoms with van der Waals surface area (Å²) in [7, 11) is 0. The molecule has 1 aliphatic carbocycles. The molecule has 0 saturated heterocycles. The third-order valence-electron chi connectivity index (χ3n) is 5.53. The van der Waals surface area contributed by atoms with Gasteiger partial charge >= 0.3 is 0 Å². The fourth-order valence-corrected chi connectivity index (χ4v) is 4.41. The normalized spacial score (nSPS) is 29.5. The van der Waals surface area contributed by atoms with E-state index in [9.17, 15) is 9.59 Å². The molecule has 0 radical (unpaired) electrons. The molecule has 1 aromatic carbocycles. The number of fused-ring (bicyclic) bond motifs is 1. The highest BCUT2D eigenvalue weighted by molar-refractivity contribution is 6.07. The highest BCUT2D eigenvalue weighted by Gasteiger charge is 2.57. The zero-order valence-corrected chi connectivity index (χ0v) is 15.0. The molecule has 0 bridgehead atoms. The van der Waals surface area contributed by atoms with Crippen molar-refractivity contribution in [3.63, 3.8) is 0 Å². The van der Waals surface area contributed by atoms with Crippen LogP contribution in [0.4, 0.5) is 0 Å². The Morgan fingerprint density at radius 2 is 2.04 bits per heavy atom. The fraction of sp³-hybridized carbons (Fsp3) is 0.600. The molecule has 0 aromatic heterocycles. The Morgan fingerprint density at radius 3 is 2.71 bits per heavy atom. The summed E-state index contributed by atoms with van der Waals surface area (Å²) >= 11 is 0. The number of benzene rings is 1. The molecule has 1 heterocycles. The zero-order chi connectivity index (χ0) is 17.5. The van der Waals surface area contributed by atoms with Crippen LogP contribution in [-0.4, -0.2) is 22.4 Å². The molecule has 0 N–H and O–H groups in total. The molecule has 4 nitrogen and oxygen atoms in total. The Balaban J connectivity index is 2.18. The lowest BCUT2D eigenvalue weighted by molar-refractivity contribution is -0.175. The number of para-hydroxylation sites is 1. The van der Waals surface area contributed by atoms with E-state index in [0.29, 0.717) is 36.0 Å². The molecule has 1 aliphatic heterocycles. The predicted octanol–water partition coefficient (Wildman–Crippen LogP) is 4.25. The molecule has 4 heteroatoms. The van der Waals surface area contributed by atoms with Gasteiger partial charge in [-0.3, -0.25) is 9.59 Å². The Kier molecular flexibility index (Phi) is 4.41. The smallest absolute Gasteiger partial charge is 0.267 e. The van der Waals surface area contributed by atoms with Gasteiger partial charge in [-0.25, -0.2) is 4.90 Å². The lowest BCUT2D eigenvalue weighted by atomic mass is 9.69. The van der Waals surface area contributed by atoms with Crippen LogP contribution in [-0.2, 0) is 4.79 Å². The third-order valence-corrected chi connectivity index (χ3v) is 5.53. The summed E-state index contributed by atoms with van der Waals surface area (Å²) in [6.45, 7) is 8.30. The van der Waals surface area contributed by atoms with Crippen molar-refractivity contribution in [2.75, 3.05) is 0 Å². The fourth-order valence-electron chi connectivity index (χ4n) is 4.41.